The molecule has 5 nitrogen and oxygen atoms in total. The van der Waals surface area contributed by atoms with Gasteiger partial charge >= 0.3 is 4.87 Å². The SMILES string of the molecule is O=c1[nH]c(O)c(Cc2ccc3nc(Cc4ccc(Cl)cc4)oc3c2)s1. The van der Waals surface area contributed by atoms with E-state index in [4.69, 9.17) is 16.0 Å². The predicted octanol–water partition coefficient (Wildman–Crippen LogP) is 4.12. The summed E-state index contributed by atoms with van der Waals surface area (Å²) in [6.45, 7) is 0. The average molecular weight is 373 g/mol. The van der Waals surface area contributed by atoms with Gasteiger partial charge in [-0.3, -0.25) is 9.78 Å². The molecule has 0 amide bonds. The van der Waals surface area contributed by atoms with Crippen molar-refractivity contribution < 1.29 is 9.52 Å². The van der Waals surface area contributed by atoms with E-state index in [-0.39, 0.29) is 10.8 Å². The van der Waals surface area contributed by atoms with E-state index in [0.29, 0.717) is 34.2 Å². The first-order valence-electron chi connectivity index (χ1n) is 7.60. The molecular weight excluding hydrogens is 360 g/mol. The Morgan fingerprint density at radius 1 is 1.12 bits per heavy atom. The van der Waals surface area contributed by atoms with Gasteiger partial charge in [-0.15, -0.1) is 0 Å². The average Bonchev–Trinajstić information content (AvgIpc) is 3.11. The van der Waals surface area contributed by atoms with Crippen LogP contribution in [0, 0.1) is 0 Å². The molecule has 2 heterocycles. The third-order valence-electron chi connectivity index (χ3n) is 3.83. The number of aromatic nitrogens is 2. The number of nitrogens with zero attached hydrogens (tertiary/aromatic N) is 1. The Kier molecular flexibility index (Phi) is 4.07. The van der Waals surface area contributed by atoms with Crippen LogP contribution >= 0.6 is 22.9 Å². The minimum atomic E-state index is -0.265. The van der Waals surface area contributed by atoms with Crippen molar-refractivity contribution in [3.8, 4) is 5.88 Å². The quantitative estimate of drug-likeness (QED) is 0.564. The highest BCUT2D eigenvalue weighted by Crippen LogP contribution is 2.24. The molecule has 126 valence electrons. The molecule has 0 aliphatic heterocycles. The van der Waals surface area contributed by atoms with Gasteiger partial charge in [0.2, 0.25) is 5.88 Å². The molecule has 0 bridgehead atoms. The summed E-state index contributed by atoms with van der Waals surface area (Å²) in [5, 5.41) is 10.4. The molecule has 0 atom stereocenters. The number of hydrogen-bond acceptors (Lipinski definition) is 5. The Bertz CT molecular complexity index is 1100. The third kappa shape index (κ3) is 3.45. The summed E-state index contributed by atoms with van der Waals surface area (Å²) in [6.07, 6.45) is 1.04. The van der Waals surface area contributed by atoms with Gasteiger partial charge in [0.1, 0.15) is 5.52 Å². The van der Waals surface area contributed by atoms with Crippen molar-refractivity contribution in [3.63, 3.8) is 0 Å². The van der Waals surface area contributed by atoms with Crippen LogP contribution in [-0.2, 0) is 12.8 Å². The van der Waals surface area contributed by atoms with Gasteiger partial charge in [-0.05, 0) is 35.4 Å². The zero-order chi connectivity index (χ0) is 17.4. The topological polar surface area (TPSA) is 79.1 Å². The van der Waals surface area contributed by atoms with Crippen molar-refractivity contribution >= 4 is 34.0 Å². The third-order valence-corrected chi connectivity index (χ3v) is 4.95. The number of hydrogen-bond donors (Lipinski definition) is 2. The fourth-order valence-corrected chi connectivity index (χ4v) is 3.52. The normalized spacial score (nSPS) is 11.2. The lowest BCUT2D eigenvalue weighted by Crippen LogP contribution is -1.89. The molecular formula is C18H13ClN2O3S. The Balaban J connectivity index is 1.59. The second-order valence-electron chi connectivity index (χ2n) is 5.68. The molecule has 0 aliphatic rings. The molecule has 7 heteroatoms. The van der Waals surface area contributed by atoms with Crippen molar-refractivity contribution in [2.75, 3.05) is 0 Å². The van der Waals surface area contributed by atoms with Crippen LogP contribution in [0.3, 0.4) is 0 Å². The number of benzene rings is 2. The second-order valence-corrected chi connectivity index (χ2v) is 7.18. The number of H-pyrrole nitrogens is 1. The Morgan fingerprint density at radius 3 is 2.60 bits per heavy atom. The smallest absolute Gasteiger partial charge is 0.307 e. The number of nitrogens with one attached hydrogen (secondary N) is 1. The second kappa shape index (κ2) is 6.38. The standard InChI is InChI=1S/C18H13ClN2O3S/c19-12-4-1-10(2-5-12)9-16-20-13-6-3-11(7-14(13)24-16)8-15-17(22)21-18(23)25-15/h1-7,22H,8-9H2,(H,21,23). The van der Waals surface area contributed by atoms with Gasteiger partial charge in [-0.25, -0.2) is 4.98 Å². The van der Waals surface area contributed by atoms with Crippen LogP contribution in [0.4, 0.5) is 0 Å². The van der Waals surface area contributed by atoms with Gasteiger partial charge < -0.3 is 9.52 Å². The maximum Gasteiger partial charge on any atom is 0.307 e. The number of aromatic amines is 1. The number of fused-ring (bicyclic) bond motifs is 1. The van der Waals surface area contributed by atoms with E-state index in [1.807, 2.05) is 42.5 Å². The molecule has 0 unspecified atom stereocenters. The van der Waals surface area contributed by atoms with E-state index < -0.39 is 0 Å². The molecule has 2 N–H and O–H groups in total. The summed E-state index contributed by atoms with van der Waals surface area (Å²) in [5.41, 5.74) is 3.47. The van der Waals surface area contributed by atoms with Crippen LogP contribution in [0.25, 0.3) is 11.1 Å². The summed E-state index contributed by atoms with van der Waals surface area (Å²) >= 11 is 6.90. The fourth-order valence-electron chi connectivity index (χ4n) is 2.64. The molecule has 0 aliphatic carbocycles. The maximum atomic E-state index is 11.3. The highest BCUT2D eigenvalue weighted by Gasteiger charge is 2.11. The van der Waals surface area contributed by atoms with Gasteiger partial charge in [-0.2, -0.15) is 0 Å². The minimum absolute atomic E-state index is 0.0731. The van der Waals surface area contributed by atoms with Crippen LogP contribution in [0.2, 0.25) is 5.02 Å². The maximum absolute atomic E-state index is 11.3. The Labute approximate surface area is 151 Å². The minimum Gasteiger partial charge on any atom is -0.494 e. The monoisotopic (exact) mass is 372 g/mol. The predicted molar refractivity (Wildman–Crippen MR) is 97.7 cm³/mol. The lowest BCUT2D eigenvalue weighted by atomic mass is 10.1. The highest BCUT2D eigenvalue weighted by molar-refractivity contribution is 7.09. The van der Waals surface area contributed by atoms with Crippen molar-refractivity contribution in [3.05, 3.63) is 79.0 Å². The van der Waals surface area contributed by atoms with E-state index in [2.05, 4.69) is 9.97 Å². The number of aromatic hydroxyl groups is 1. The lowest BCUT2D eigenvalue weighted by Gasteiger charge is -1.98. The van der Waals surface area contributed by atoms with Crippen LogP contribution in [0.1, 0.15) is 21.9 Å². The molecule has 0 radical (unpaired) electrons. The summed E-state index contributed by atoms with van der Waals surface area (Å²) in [7, 11) is 0. The van der Waals surface area contributed by atoms with Crippen LogP contribution in [-0.4, -0.2) is 15.1 Å². The molecule has 0 saturated carbocycles. The molecule has 0 saturated heterocycles. The first kappa shape index (κ1) is 15.9. The molecule has 2 aromatic heterocycles. The summed E-state index contributed by atoms with van der Waals surface area (Å²) in [5.74, 6) is 0.555. The lowest BCUT2D eigenvalue weighted by molar-refractivity contribution is 0.451. The number of rotatable bonds is 4. The van der Waals surface area contributed by atoms with Crippen molar-refractivity contribution in [1.29, 1.82) is 0 Å². The van der Waals surface area contributed by atoms with E-state index in [1.165, 1.54) is 0 Å². The summed E-state index contributed by atoms with van der Waals surface area (Å²) < 4.78 is 5.84. The zero-order valence-electron chi connectivity index (χ0n) is 13.0. The molecule has 25 heavy (non-hydrogen) atoms. The zero-order valence-corrected chi connectivity index (χ0v) is 14.5. The Morgan fingerprint density at radius 2 is 1.88 bits per heavy atom. The van der Waals surface area contributed by atoms with E-state index in [9.17, 15) is 9.90 Å². The van der Waals surface area contributed by atoms with Crippen molar-refractivity contribution in [2.45, 2.75) is 12.8 Å². The van der Waals surface area contributed by atoms with Gasteiger partial charge in [0, 0.05) is 17.9 Å². The molecule has 4 rings (SSSR count). The Hall–Kier alpha value is -2.57. The van der Waals surface area contributed by atoms with Gasteiger partial charge in [0.25, 0.3) is 0 Å². The first-order valence-corrected chi connectivity index (χ1v) is 8.80. The summed E-state index contributed by atoms with van der Waals surface area (Å²) in [6, 6.07) is 13.3. The molecule has 4 aromatic rings. The molecule has 0 spiro atoms. The number of halogens is 1. The molecule has 0 fully saturated rings. The van der Waals surface area contributed by atoms with Crippen LogP contribution in [0.15, 0.2) is 51.7 Å². The summed E-state index contributed by atoms with van der Waals surface area (Å²) in [4.78, 5) is 18.5. The largest absolute Gasteiger partial charge is 0.494 e. The van der Waals surface area contributed by atoms with Crippen LogP contribution in [0.5, 0.6) is 5.88 Å². The van der Waals surface area contributed by atoms with Gasteiger partial charge in [0.05, 0.1) is 4.88 Å². The molecule has 2 aromatic carbocycles. The van der Waals surface area contributed by atoms with Crippen LogP contribution < -0.4 is 4.87 Å². The fraction of sp³-hybridized carbons (Fsp3) is 0.111. The van der Waals surface area contributed by atoms with Crippen molar-refractivity contribution in [2.24, 2.45) is 0 Å². The number of oxazole rings is 1. The van der Waals surface area contributed by atoms with E-state index in [0.717, 1.165) is 28.0 Å². The van der Waals surface area contributed by atoms with E-state index >= 15 is 0 Å². The van der Waals surface area contributed by atoms with Gasteiger partial charge in [0.15, 0.2) is 11.5 Å². The first-order chi connectivity index (χ1) is 12.1. The van der Waals surface area contributed by atoms with Crippen molar-refractivity contribution in [1.82, 2.24) is 9.97 Å². The van der Waals surface area contributed by atoms with Gasteiger partial charge in [-0.1, -0.05) is 41.1 Å². The number of thiazole rings is 1. The van der Waals surface area contributed by atoms with E-state index in [1.54, 1.807) is 0 Å². The highest BCUT2D eigenvalue weighted by atomic mass is 35.5.